The van der Waals surface area contributed by atoms with Gasteiger partial charge in [0.15, 0.2) is 18.1 Å². The van der Waals surface area contributed by atoms with Crippen LogP contribution in [0.2, 0.25) is 0 Å². The lowest BCUT2D eigenvalue weighted by Crippen LogP contribution is -2.36. The molecule has 0 atom stereocenters. The molecule has 0 saturated carbocycles. The minimum Gasteiger partial charge on any atom is -0.493 e. The number of amides is 1. The van der Waals surface area contributed by atoms with E-state index in [0.29, 0.717) is 31.0 Å². The third kappa shape index (κ3) is 5.58. The van der Waals surface area contributed by atoms with Crippen LogP contribution in [-0.4, -0.2) is 36.1 Å². The van der Waals surface area contributed by atoms with Gasteiger partial charge in [-0.2, -0.15) is 0 Å². The summed E-state index contributed by atoms with van der Waals surface area (Å²) in [4.78, 5) is 19.0. The van der Waals surface area contributed by atoms with Crippen LogP contribution in [0, 0.1) is 0 Å². The summed E-state index contributed by atoms with van der Waals surface area (Å²) in [5, 5.41) is 0. The topological polar surface area (TPSA) is 51.7 Å². The van der Waals surface area contributed by atoms with Crippen LogP contribution in [-0.2, 0) is 17.8 Å². The van der Waals surface area contributed by atoms with Crippen molar-refractivity contribution in [3.63, 3.8) is 0 Å². The van der Waals surface area contributed by atoms with Crippen molar-refractivity contribution in [2.75, 3.05) is 20.3 Å². The van der Waals surface area contributed by atoms with E-state index in [1.54, 1.807) is 24.3 Å². The van der Waals surface area contributed by atoms with Gasteiger partial charge in [-0.1, -0.05) is 48.5 Å². The van der Waals surface area contributed by atoms with Gasteiger partial charge in [0.1, 0.15) is 0 Å². The Morgan fingerprint density at radius 2 is 1.64 bits per heavy atom. The number of methoxy groups -OCH3 is 1. The Morgan fingerprint density at radius 1 is 0.929 bits per heavy atom. The van der Waals surface area contributed by atoms with Gasteiger partial charge < -0.3 is 14.4 Å². The maximum atomic E-state index is 12.9. The molecule has 1 heterocycles. The molecular weight excluding hydrogens is 352 g/mol. The molecule has 0 unspecified atom stereocenters. The Morgan fingerprint density at radius 3 is 2.36 bits per heavy atom. The van der Waals surface area contributed by atoms with E-state index in [0.717, 1.165) is 11.3 Å². The summed E-state index contributed by atoms with van der Waals surface area (Å²) in [7, 11) is 1.58. The maximum Gasteiger partial charge on any atom is 0.260 e. The van der Waals surface area contributed by atoms with Crippen molar-refractivity contribution in [1.29, 1.82) is 0 Å². The van der Waals surface area contributed by atoms with Crippen LogP contribution in [0.3, 0.4) is 0 Å². The Balaban J connectivity index is 1.66. The first-order valence-electron chi connectivity index (χ1n) is 9.23. The predicted octanol–water partition coefficient (Wildman–Crippen LogP) is 3.74. The van der Waals surface area contributed by atoms with Gasteiger partial charge in [-0.05, 0) is 29.8 Å². The summed E-state index contributed by atoms with van der Waals surface area (Å²) in [6.45, 7) is 1.05. The van der Waals surface area contributed by atoms with E-state index < -0.39 is 0 Å². The highest BCUT2D eigenvalue weighted by atomic mass is 16.5. The molecule has 144 valence electrons. The standard InChI is InChI=1S/C23H24N2O3/c1-27-21-12-5-6-13-22(21)28-18-23(26)25(17-19-9-3-2-4-10-19)16-14-20-11-7-8-15-24-20/h2-13,15H,14,16-18H2,1H3. The van der Waals surface area contributed by atoms with Crippen LogP contribution in [0.1, 0.15) is 11.3 Å². The highest BCUT2D eigenvalue weighted by Crippen LogP contribution is 2.25. The first kappa shape index (κ1) is 19.4. The molecule has 3 aromatic rings. The molecule has 1 amide bonds. The van der Waals surface area contributed by atoms with Crippen LogP contribution >= 0.6 is 0 Å². The number of hydrogen-bond donors (Lipinski definition) is 0. The second kappa shape index (κ2) is 10.1. The van der Waals surface area contributed by atoms with Crippen LogP contribution < -0.4 is 9.47 Å². The second-order valence-corrected chi connectivity index (χ2v) is 6.31. The van der Waals surface area contributed by atoms with Crippen molar-refractivity contribution < 1.29 is 14.3 Å². The van der Waals surface area contributed by atoms with Crippen molar-refractivity contribution in [2.24, 2.45) is 0 Å². The zero-order chi connectivity index (χ0) is 19.6. The minimum absolute atomic E-state index is 0.0462. The van der Waals surface area contributed by atoms with Crippen LogP contribution in [0.25, 0.3) is 0 Å². The van der Waals surface area contributed by atoms with Gasteiger partial charge >= 0.3 is 0 Å². The molecule has 0 fully saturated rings. The molecular formula is C23H24N2O3. The normalized spacial score (nSPS) is 10.3. The zero-order valence-corrected chi connectivity index (χ0v) is 16.0. The molecule has 3 rings (SSSR count). The monoisotopic (exact) mass is 376 g/mol. The number of aromatic nitrogens is 1. The van der Waals surface area contributed by atoms with Crippen molar-refractivity contribution in [2.45, 2.75) is 13.0 Å². The summed E-state index contributed by atoms with van der Waals surface area (Å²) < 4.78 is 11.0. The number of nitrogens with zero attached hydrogens (tertiary/aromatic N) is 2. The van der Waals surface area contributed by atoms with E-state index in [1.807, 2.05) is 66.7 Å². The lowest BCUT2D eigenvalue weighted by molar-refractivity contribution is -0.134. The van der Waals surface area contributed by atoms with E-state index in [-0.39, 0.29) is 12.5 Å². The van der Waals surface area contributed by atoms with Crippen molar-refractivity contribution >= 4 is 5.91 Å². The quantitative estimate of drug-likeness (QED) is 0.571. The maximum absolute atomic E-state index is 12.9. The lowest BCUT2D eigenvalue weighted by atomic mass is 10.2. The Kier molecular flexibility index (Phi) is 7.01. The van der Waals surface area contributed by atoms with Gasteiger partial charge in [0.05, 0.1) is 7.11 Å². The minimum atomic E-state index is -0.0781. The molecule has 0 saturated heterocycles. The molecule has 2 aromatic carbocycles. The van der Waals surface area contributed by atoms with E-state index in [2.05, 4.69) is 4.98 Å². The van der Waals surface area contributed by atoms with Crippen LogP contribution in [0.5, 0.6) is 11.5 Å². The summed E-state index contributed by atoms with van der Waals surface area (Å²) in [5.41, 5.74) is 2.04. The van der Waals surface area contributed by atoms with Gasteiger partial charge in [0.25, 0.3) is 5.91 Å². The molecule has 0 spiro atoms. The number of carbonyl (C=O) groups excluding carboxylic acids is 1. The number of hydrogen-bond acceptors (Lipinski definition) is 4. The average Bonchev–Trinajstić information content (AvgIpc) is 2.76. The molecule has 0 aliphatic rings. The van der Waals surface area contributed by atoms with Gasteiger partial charge in [-0.25, -0.2) is 0 Å². The molecule has 28 heavy (non-hydrogen) atoms. The van der Waals surface area contributed by atoms with Gasteiger partial charge in [-0.3, -0.25) is 9.78 Å². The first-order chi connectivity index (χ1) is 13.8. The highest BCUT2D eigenvalue weighted by molar-refractivity contribution is 5.78. The average molecular weight is 376 g/mol. The Bertz CT molecular complexity index is 869. The number of pyridine rings is 1. The van der Waals surface area contributed by atoms with Crippen molar-refractivity contribution in [1.82, 2.24) is 9.88 Å². The molecule has 5 nitrogen and oxygen atoms in total. The molecule has 0 bridgehead atoms. The van der Waals surface area contributed by atoms with Crippen molar-refractivity contribution in [3.8, 4) is 11.5 Å². The van der Waals surface area contributed by atoms with E-state index in [1.165, 1.54) is 0 Å². The molecule has 5 heteroatoms. The first-order valence-corrected chi connectivity index (χ1v) is 9.23. The van der Waals surface area contributed by atoms with E-state index in [4.69, 9.17) is 9.47 Å². The number of rotatable bonds is 9. The summed E-state index contributed by atoms with van der Waals surface area (Å²) in [6, 6.07) is 23.1. The number of carbonyl (C=O) groups is 1. The van der Waals surface area contributed by atoms with Crippen LogP contribution in [0.4, 0.5) is 0 Å². The number of para-hydroxylation sites is 2. The Hall–Kier alpha value is -3.34. The fourth-order valence-electron chi connectivity index (χ4n) is 2.86. The van der Waals surface area contributed by atoms with E-state index in [9.17, 15) is 4.79 Å². The predicted molar refractivity (Wildman–Crippen MR) is 108 cm³/mol. The summed E-state index contributed by atoms with van der Waals surface area (Å²) >= 11 is 0. The molecule has 0 aliphatic heterocycles. The zero-order valence-electron chi connectivity index (χ0n) is 16.0. The molecule has 0 N–H and O–H groups in total. The molecule has 1 aromatic heterocycles. The number of ether oxygens (including phenoxy) is 2. The van der Waals surface area contributed by atoms with E-state index >= 15 is 0 Å². The third-order valence-corrected chi connectivity index (χ3v) is 4.35. The fourth-order valence-corrected chi connectivity index (χ4v) is 2.86. The third-order valence-electron chi connectivity index (χ3n) is 4.35. The molecule has 0 radical (unpaired) electrons. The summed E-state index contributed by atoms with van der Waals surface area (Å²) in [5.74, 6) is 1.09. The number of benzene rings is 2. The Labute approximate surface area is 165 Å². The second-order valence-electron chi connectivity index (χ2n) is 6.31. The van der Waals surface area contributed by atoms with Crippen LogP contribution in [0.15, 0.2) is 79.0 Å². The summed E-state index contributed by atoms with van der Waals surface area (Å²) in [6.07, 6.45) is 2.46. The van der Waals surface area contributed by atoms with Crippen molar-refractivity contribution in [3.05, 3.63) is 90.3 Å². The molecule has 0 aliphatic carbocycles. The lowest BCUT2D eigenvalue weighted by Gasteiger charge is -2.23. The van der Waals surface area contributed by atoms with Gasteiger partial charge in [-0.15, -0.1) is 0 Å². The fraction of sp³-hybridized carbons (Fsp3) is 0.217. The highest BCUT2D eigenvalue weighted by Gasteiger charge is 2.16. The largest absolute Gasteiger partial charge is 0.493 e. The SMILES string of the molecule is COc1ccccc1OCC(=O)N(CCc1ccccn1)Cc1ccccc1. The van der Waals surface area contributed by atoms with Gasteiger partial charge in [0.2, 0.25) is 0 Å². The van der Waals surface area contributed by atoms with Gasteiger partial charge in [0, 0.05) is 31.4 Å². The smallest absolute Gasteiger partial charge is 0.260 e.